The van der Waals surface area contributed by atoms with Gasteiger partial charge in [0.25, 0.3) is 0 Å². The molecule has 105 valence electrons. The van der Waals surface area contributed by atoms with Crippen molar-refractivity contribution in [3.05, 3.63) is 70.8 Å². The van der Waals surface area contributed by atoms with Crippen LogP contribution in [0.3, 0.4) is 0 Å². The van der Waals surface area contributed by atoms with Crippen molar-refractivity contribution < 1.29 is 36.9 Å². The quantitative estimate of drug-likeness (QED) is 0.744. The van der Waals surface area contributed by atoms with Gasteiger partial charge >= 0.3 is 17.1 Å². The van der Waals surface area contributed by atoms with E-state index in [0.29, 0.717) is 12.0 Å². The van der Waals surface area contributed by atoms with Crippen LogP contribution in [0, 0.1) is 0 Å². The molecular formula is C15H10CuO4. The number of aromatic carboxylic acids is 2. The molecule has 5 heteroatoms. The third-order valence-corrected chi connectivity index (χ3v) is 2.81. The van der Waals surface area contributed by atoms with Crippen LogP contribution in [0.2, 0.25) is 0 Å². The van der Waals surface area contributed by atoms with Crippen LogP contribution in [-0.4, -0.2) is 11.9 Å². The van der Waals surface area contributed by atoms with Crippen LogP contribution < -0.4 is 10.2 Å². The van der Waals surface area contributed by atoms with Gasteiger partial charge in [0.2, 0.25) is 0 Å². The van der Waals surface area contributed by atoms with Crippen molar-refractivity contribution >= 4 is 11.9 Å². The number of carboxylic acids is 2. The topological polar surface area (TPSA) is 80.3 Å². The first-order chi connectivity index (χ1) is 9.09. The Balaban J connectivity index is 0.00000200. The molecule has 0 aliphatic heterocycles. The van der Waals surface area contributed by atoms with Gasteiger partial charge in [-0.2, -0.15) is 0 Å². The first-order valence-electron chi connectivity index (χ1n) is 5.68. The molecule has 0 amide bonds. The summed E-state index contributed by atoms with van der Waals surface area (Å²) in [5, 5.41) is 22.1. The van der Waals surface area contributed by atoms with Gasteiger partial charge in [0.15, 0.2) is 0 Å². The fourth-order valence-corrected chi connectivity index (χ4v) is 1.97. The van der Waals surface area contributed by atoms with E-state index in [1.807, 2.05) is 30.3 Å². The van der Waals surface area contributed by atoms with Crippen molar-refractivity contribution in [3.63, 3.8) is 0 Å². The van der Waals surface area contributed by atoms with Gasteiger partial charge in [-0.05, 0) is 17.5 Å². The number of carboxylic acid groups (broad SMARTS) is 2. The van der Waals surface area contributed by atoms with Crippen molar-refractivity contribution in [2.24, 2.45) is 0 Å². The summed E-state index contributed by atoms with van der Waals surface area (Å²) in [5.74, 6) is -3.03. The number of benzene rings is 2. The summed E-state index contributed by atoms with van der Waals surface area (Å²) in [6.07, 6.45) is 0.325. The van der Waals surface area contributed by atoms with Gasteiger partial charge in [-0.1, -0.05) is 48.5 Å². The molecule has 0 saturated carbocycles. The largest absolute Gasteiger partial charge is 2.00 e. The number of carbonyl (C=O) groups is 2. The predicted molar refractivity (Wildman–Crippen MR) is 64.4 cm³/mol. The van der Waals surface area contributed by atoms with E-state index >= 15 is 0 Å². The molecule has 2 aromatic rings. The Morgan fingerprint density at radius 3 is 2.05 bits per heavy atom. The monoisotopic (exact) mass is 317 g/mol. The van der Waals surface area contributed by atoms with Gasteiger partial charge in [0.1, 0.15) is 0 Å². The molecule has 0 spiro atoms. The summed E-state index contributed by atoms with van der Waals surface area (Å²) < 4.78 is 0. The number of carbonyl (C=O) groups excluding carboxylic acids is 2. The Morgan fingerprint density at radius 2 is 1.50 bits per heavy atom. The summed E-state index contributed by atoms with van der Waals surface area (Å²) >= 11 is 0. The summed E-state index contributed by atoms with van der Waals surface area (Å²) in [6, 6.07) is 13.5. The van der Waals surface area contributed by atoms with Gasteiger partial charge in [-0.15, -0.1) is 0 Å². The molecule has 2 rings (SSSR count). The molecule has 0 aromatic heterocycles. The standard InChI is InChI=1S/C15H12O4.Cu/c16-14(17)12-8-4-7-11(13(12)15(18)19)9-10-5-2-1-3-6-10;/h1-8H,9H2,(H,16,17)(H,18,19);/q;+2/p-2. The minimum absolute atomic E-state index is 0. The van der Waals surface area contributed by atoms with E-state index in [1.165, 1.54) is 12.1 Å². The zero-order valence-electron chi connectivity index (χ0n) is 10.3. The Bertz CT molecular complexity index is 623. The maximum Gasteiger partial charge on any atom is 2.00 e. The van der Waals surface area contributed by atoms with E-state index in [2.05, 4.69) is 0 Å². The molecule has 0 aliphatic rings. The summed E-state index contributed by atoms with van der Waals surface area (Å²) in [4.78, 5) is 22.1. The van der Waals surface area contributed by atoms with Crippen LogP contribution in [0.15, 0.2) is 48.5 Å². The Hall–Kier alpha value is -2.10. The third-order valence-electron chi connectivity index (χ3n) is 2.81. The number of hydrogen-bond acceptors (Lipinski definition) is 4. The van der Waals surface area contributed by atoms with Crippen molar-refractivity contribution in [1.82, 2.24) is 0 Å². The minimum Gasteiger partial charge on any atom is -0.545 e. The first kappa shape index (κ1) is 16.0. The second-order valence-electron chi connectivity index (χ2n) is 4.08. The molecule has 0 bridgehead atoms. The maximum absolute atomic E-state index is 11.1. The smallest absolute Gasteiger partial charge is 0.545 e. The Labute approximate surface area is 126 Å². The van der Waals surface area contributed by atoms with E-state index in [9.17, 15) is 19.8 Å². The molecule has 0 aliphatic carbocycles. The average molecular weight is 318 g/mol. The third kappa shape index (κ3) is 3.47. The van der Waals surface area contributed by atoms with Crippen LogP contribution in [0.5, 0.6) is 0 Å². The van der Waals surface area contributed by atoms with Crippen LogP contribution in [0.25, 0.3) is 0 Å². The second kappa shape index (κ2) is 6.89. The molecule has 0 atom stereocenters. The Morgan fingerprint density at radius 1 is 0.850 bits per heavy atom. The number of rotatable bonds is 4. The van der Waals surface area contributed by atoms with E-state index in [4.69, 9.17) is 0 Å². The normalized spacial score (nSPS) is 9.60. The minimum atomic E-state index is -1.52. The van der Waals surface area contributed by atoms with Gasteiger partial charge < -0.3 is 19.8 Å². The van der Waals surface area contributed by atoms with Crippen LogP contribution in [-0.2, 0) is 23.5 Å². The maximum atomic E-state index is 11.1. The fraction of sp³-hybridized carbons (Fsp3) is 0.0667. The number of hydrogen-bond donors (Lipinski definition) is 0. The summed E-state index contributed by atoms with van der Waals surface area (Å²) in [5.41, 5.74) is 0.619. The molecule has 0 N–H and O–H groups in total. The predicted octanol–water partition coefficient (Wildman–Crippen LogP) is 0.00190. The van der Waals surface area contributed by atoms with Crippen LogP contribution in [0.4, 0.5) is 0 Å². The van der Waals surface area contributed by atoms with Gasteiger partial charge in [-0.3, -0.25) is 0 Å². The van der Waals surface area contributed by atoms with Gasteiger partial charge in [-0.25, -0.2) is 0 Å². The second-order valence-corrected chi connectivity index (χ2v) is 4.08. The molecule has 0 unspecified atom stereocenters. The van der Waals surface area contributed by atoms with E-state index in [1.54, 1.807) is 6.07 Å². The van der Waals surface area contributed by atoms with Crippen molar-refractivity contribution in [1.29, 1.82) is 0 Å². The Kier molecular flexibility index (Phi) is 5.50. The van der Waals surface area contributed by atoms with E-state index in [0.717, 1.165) is 5.56 Å². The molecule has 0 fully saturated rings. The van der Waals surface area contributed by atoms with Crippen molar-refractivity contribution in [2.45, 2.75) is 6.42 Å². The van der Waals surface area contributed by atoms with Crippen LogP contribution in [0.1, 0.15) is 31.8 Å². The first-order valence-corrected chi connectivity index (χ1v) is 5.68. The zero-order valence-corrected chi connectivity index (χ0v) is 11.2. The molecule has 4 nitrogen and oxygen atoms in total. The molecule has 2 aromatic carbocycles. The molecule has 0 saturated heterocycles. The average Bonchev–Trinajstić information content (AvgIpc) is 2.39. The van der Waals surface area contributed by atoms with Gasteiger partial charge in [0, 0.05) is 11.1 Å². The van der Waals surface area contributed by atoms with Crippen molar-refractivity contribution in [3.8, 4) is 0 Å². The van der Waals surface area contributed by atoms with Crippen molar-refractivity contribution in [2.75, 3.05) is 0 Å². The SMILES string of the molecule is O=C([O-])c1cccc(Cc2ccccc2)c1C(=O)[O-].[Cu+2]. The molecule has 20 heavy (non-hydrogen) atoms. The van der Waals surface area contributed by atoms with E-state index < -0.39 is 11.9 Å². The van der Waals surface area contributed by atoms with Gasteiger partial charge in [0.05, 0.1) is 11.9 Å². The summed E-state index contributed by atoms with van der Waals surface area (Å²) in [7, 11) is 0. The zero-order chi connectivity index (χ0) is 13.8. The molecule has 1 radical (unpaired) electrons. The van der Waals surface area contributed by atoms with Crippen LogP contribution >= 0.6 is 0 Å². The fourth-order valence-electron chi connectivity index (χ4n) is 1.97. The molecule has 0 heterocycles. The van der Waals surface area contributed by atoms with E-state index in [-0.39, 0.29) is 28.2 Å². The molecular weight excluding hydrogens is 308 g/mol. The summed E-state index contributed by atoms with van der Waals surface area (Å²) in [6.45, 7) is 0.